The van der Waals surface area contributed by atoms with Crippen LogP contribution in [0.15, 0.2) is 36.7 Å². The van der Waals surface area contributed by atoms with Crippen LogP contribution in [0.25, 0.3) is 0 Å². The number of aromatic nitrogens is 1. The highest BCUT2D eigenvalue weighted by atomic mass is 19.1. The number of carbonyl (C=O) groups is 1. The van der Waals surface area contributed by atoms with Crippen LogP contribution in [0.5, 0.6) is 0 Å². The molecular weight excluding hydrogens is 337 g/mol. The van der Waals surface area contributed by atoms with E-state index in [-0.39, 0.29) is 11.3 Å². The molecule has 1 aliphatic rings. The Kier molecular flexibility index (Phi) is 5.49. The molecule has 3 atom stereocenters. The SMILES string of the molecule is Cc1ccc(Nc2cnccc2C(=O)NC2CCC[C@@H](O)[C@H]2O)c(F)c1. The van der Waals surface area contributed by atoms with Crippen LogP contribution < -0.4 is 10.6 Å². The zero-order chi connectivity index (χ0) is 18.7. The van der Waals surface area contributed by atoms with Crippen LogP contribution in [-0.4, -0.2) is 39.4 Å². The van der Waals surface area contributed by atoms with Crippen LogP contribution in [0.4, 0.5) is 15.8 Å². The van der Waals surface area contributed by atoms with E-state index in [0.29, 0.717) is 18.5 Å². The van der Waals surface area contributed by atoms with Gasteiger partial charge in [0.15, 0.2) is 0 Å². The Bertz CT molecular complexity index is 799. The van der Waals surface area contributed by atoms with E-state index in [0.717, 1.165) is 12.0 Å². The first kappa shape index (κ1) is 18.3. The number of nitrogens with one attached hydrogen (secondary N) is 2. The number of aliphatic hydroxyl groups is 2. The van der Waals surface area contributed by atoms with Crippen molar-refractivity contribution in [3.05, 3.63) is 53.6 Å². The molecule has 2 aromatic rings. The van der Waals surface area contributed by atoms with Gasteiger partial charge in [-0.1, -0.05) is 6.07 Å². The van der Waals surface area contributed by atoms with Crippen LogP contribution in [0, 0.1) is 12.7 Å². The molecule has 1 fully saturated rings. The second-order valence-electron chi connectivity index (χ2n) is 6.60. The van der Waals surface area contributed by atoms with Gasteiger partial charge in [-0.25, -0.2) is 4.39 Å². The molecule has 138 valence electrons. The van der Waals surface area contributed by atoms with Gasteiger partial charge in [-0.2, -0.15) is 0 Å². The zero-order valence-corrected chi connectivity index (χ0v) is 14.4. The lowest BCUT2D eigenvalue weighted by Crippen LogP contribution is -2.51. The minimum Gasteiger partial charge on any atom is -0.390 e. The van der Waals surface area contributed by atoms with E-state index in [9.17, 15) is 19.4 Å². The summed E-state index contributed by atoms with van der Waals surface area (Å²) < 4.78 is 14.1. The molecule has 1 saturated carbocycles. The number of benzene rings is 1. The van der Waals surface area contributed by atoms with Gasteiger partial charge >= 0.3 is 0 Å². The second-order valence-corrected chi connectivity index (χ2v) is 6.60. The lowest BCUT2D eigenvalue weighted by molar-refractivity contribution is -0.0277. The number of pyridine rings is 1. The van der Waals surface area contributed by atoms with Crippen LogP contribution in [0.1, 0.15) is 35.2 Å². The first-order valence-electron chi connectivity index (χ1n) is 8.60. The molecule has 1 unspecified atom stereocenters. The first-order valence-corrected chi connectivity index (χ1v) is 8.60. The number of rotatable bonds is 4. The standard InChI is InChI=1S/C19H22FN3O3/c1-11-5-6-14(13(20)9-11)22-16-10-21-8-7-12(16)19(26)23-15-3-2-4-17(24)18(15)25/h5-10,15,17-18,22,24-25H,2-4H2,1H3,(H,23,26)/t15?,17-,18+/m1/s1. The third kappa shape index (κ3) is 4.00. The van der Waals surface area contributed by atoms with Crippen LogP contribution in [0.3, 0.4) is 0 Å². The summed E-state index contributed by atoms with van der Waals surface area (Å²) in [7, 11) is 0. The topological polar surface area (TPSA) is 94.5 Å². The summed E-state index contributed by atoms with van der Waals surface area (Å²) in [5.41, 5.74) is 1.68. The van der Waals surface area contributed by atoms with Crippen molar-refractivity contribution in [1.29, 1.82) is 0 Å². The molecule has 0 saturated heterocycles. The van der Waals surface area contributed by atoms with Crippen molar-refractivity contribution in [3.8, 4) is 0 Å². The van der Waals surface area contributed by atoms with E-state index < -0.39 is 30.0 Å². The van der Waals surface area contributed by atoms with E-state index in [2.05, 4.69) is 15.6 Å². The second kappa shape index (κ2) is 7.80. The Morgan fingerprint density at radius 1 is 1.23 bits per heavy atom. The number of amides is 1. The molecule has 1 aliphatic carbocycles. The quantitative estimate of drug-likeness (QED) is 0.672. The Balaban J connectivity index is 1.79. The van der Waals surface area contributed by atoms with Gasteiger partial charge in [0.1, 0.15) is 5.82 Å². The van der Waals surface area contributed by atoms with Crippen molar-refractivity contribution in [2.45, 2.75) is 44.4 Å². The van der Waals surface area contributed by atoms with Gasteiger partial charge in [0, 0.05) is 6.20 Å². The van der Waals surface area contributed by atoms with E-state index in [1.165, 1.54) is 24.5 Å². The molecule has 3 rings (SSSR count). The minimum absolute atomic E-state index is 0.241. The molecule has 0 bridgehead atoms. The van der Waals surface area contributed by atoms with Crippen molar-refractivity contribution in [2.75, 3.05) is 5.32 Å². The molecule has 4 N–H and O–H groups in total. The maximum Gasteiger partial charge on any atom is 0.253 e. The van der Waals surface area contributed by atoms with Gasteiger partial charge in [-0.15, -0.1) is 0 Å². The summed E-state index contributed by atoms with van der Waals surface area (Å²) in [6.07, 6.45) is 2.90. The average molecular weight is 359 g/mol. The predicted octanol–water partition coefficient (Wildman–Crippen LogP) is 2.28. The Morgan fingerprint density at radius 3 is 2.81 bits per heavy atom. The lowest BCUT2D eigenvalue weighted by atomic mass is 9.90. The number of hydrogen-bond donors (Lipinski definition) is 4. The number of aliphatic hydroxyl groups excluding tert-OH is 2. The highest BCUT2D eigenvalue weighted by Crippen LogP contribution is 2.24. The van der Waals surface area contributed by atoms with Gasteiger partial charge in [0.05, 0.1) is 41.4 Å². The van der Waals surface area contributed by atoms with Crippen molar-refractivity contribution < 1.29 is 19.4 Å². The molecule has 7 heteroatoms. The highest BCUT2D eigenvalue weighted by Gasteiger charge is 2.32. The van der Waals surface area contributed by atoms with Gasteiger partial charge < -0.3 is 20.8 Å². The normalized spacial score (nSPS) is 22.7. The molecule has 1 heterocycles. The van der Waals surface area contributed by atoms with Gasteiger partial charge in [0.2, 0.25) is 0 Å². The molecule has 0 radical (unpaired) electrons. The van der Waals surface area contributed by atoms with Crippen LogP contribution in [0.2, 0.25) is 0 Å². The smallest absolute Gasteiger partial charge is 0.253 e. The maximum atomic E-state index is 14.1. The Labute approximate surface area is 151 Å². The van der Waals surface area contributed by atoms with E-state index >= 15 is 0 Å². The van der Waals surface area contributed by atoms with Crippen molar-refractivity contribution in [1.82, 2.24) is 10.3 Å². The molecule has 0 aliphatic heterocycles. The lowest BCUT2D eigenvalue weighted by Gasteiger charge is -2.32. The first-order chi connectivity index (χ1) is 12.5. The van der Waals surface area contributed by atoms with Crippen molar-refractivity contribution in [2.24, 2.45) is 0 Å². The number of anilines is 2. The predicted molar refractivity (Wildman–Crippen MR) is 95.8 cm³/mol. The molecule has 0 spiro atoms. The zero-order valence-electron chi connectivity index (χ0n) is 14.4. The molecule has 1 amide bonds. The largest absolute Gasteiger partial charge is 0.390 e. The summed E-state index contributed by atoms with van der Waals surface area (Å²) in [5.74, 6) is -0.841. The molecule has 6 nitrogen and oxygen atoms in total. The number of nitrogens with zero attached hydrogens (tertiary/aromatic N) is 1. The summed E-state index contributed by atoms with van der Waals surface area (Å²) in [6, 6.07) is 5.76. The van der Waals surface area contributed by atoms with Gasteiger partial charge in [-0.05, 0) is 49.9 Å². The van der Waals surface area contributed by atoms with E-state index in [1.54, 1.807) is 19.1 Å². The summed E-state index contributed by atoms with van der Waals surface area (Å²) in [6.45, 7) is 1.79. The van der Waals surface area contributed by atoms with Gasteiger partial charge in [0.25, 0.3) is 5.91 Å². The fourth-order valence-electron chi connectivity index (χ4n) is 3.12. The Hall–Kier alpha value is -2.51. The Morgan fingerprint density at radius 2 is 2.04 bits per heavy atom. The fourth-order valence-corrected chi connectivity index (χ4v) is 3.12. The van der Waals surface area contributed by atoms with Gasteiger partial charge in [-0.3, -0.25) is 9.78 Å². The number of carbonyl (C=O) groups excluding carboxylic acids is 1. The van der Waals surface area contributed by atoms with Crippen molar-refractivity contribution in [3.63, 3.8) is 0 Å². The van der Waals surface area contributed by atoms with Crippen molar-refractivity contribution >= 4 is 17.3 Å². The molecular formula is C19H22FN3O3. The molecule has 26 heavy (non-hydrogen) atoms. The van der Waals surface area contributed by atoms with Crippen LogP contribution in [-0.2, 0) is 0 Å². The fraction of sp³-hybridized carbons (Fsp3) is 0.368. The maximum absolute atomic E-state index is 14.1. The third-order valence-corrected chi connectivity index (χ3v) is 4.60. The molecule has 1 aromatic heterocycles. The summed E-state index contributed by atoms with van der Waals surface area (Å²) >= 11 is 0. The number of halogens is 1. The average Bonchev–Trinajstić information content (AvgIpc) is 2.62. The summed E-state index contributed by atoms with van der Waals surface area (Å²) in [5, 5.41) is 25.5. The third-order valence-electron chi connectivity index (χ3n) is 4.60. The highest BCUT2D eigenvalue weighted by molar-refractivity contribution is 6.00. The molecule has 1 aromatic carbocycles. The summed E-state index contributed by atoms with van der Waals surface area (Å²) in [4.78, 5) is 16.6. The van der Waals surface area contributed by atoms with E-state index in [4.69, 9.17) is 0 Å². The van der Waals surface area contributed by atoms with Crippen LogP contribution >= 0.6 is 0 Å². The number of hydrogen-bond acceptors (Lipinski definition) is 5. The number of aryl methyl sites for hydroxylation is 1. The van der Waals surface area contributed by atoms with E-state index in [1.807, 2.05) is 0 Å². The minimum atomic E-state index is -1.000. The monoisotopic (exact) mass is 359 g/mol.